The van der Waals surface area contributed by atoms with Gasteiger partial charge in [-0.05, 0) is 31.0 Å². The van der Waals surface area contributed by atoms with E-state index >= 15 is 0 Å². The van der Waals surface area contributed by atoms with E-state index in [2.05, 4.69) is 15.5 Å². The van der Waals surface area contributed by atoms with Gasteiger partial charge in [-0.25, -0.2) is 9.07 Å². The van der Waals surface area contributed by atoms with Crippen LogP contribution in [0.3, 0.4) is 0 Å². The zero-order chi connectivity index (χ0) is 16.8. The number of amides is 1. The fraction of sp³-hybridized carbons (Fsp3) is 0.400. The third kappa shape index (κ3) is 4.69. The molecule has 1 aromatic carbocycles. The minimum absolute atomic E-state index is 0.0556. The van der Waals surface area contributed by atoms with E-state index in [1.165, 1.54) is 28.6 Å². The van der Waals surface area contributed by atoms with E-state index in [-0.39, 0.29) is 17.0 Å². The van der Waals surface area contributed by atoms with Gasteiger partial charge in [-0.1, -0.05) is 30.8 Å². The van der Waals surface area contributed by atoms with Crippen molar-refractivity contribution >= 4 is 17.7 Å². The van der Waals surface area contributed by atoms with Crippen LogP contribution < -0.4 is 11.2 Å². The number of nitrogens with two attached hydrogens (primary N) is 1. The SMILES string of the molecule is CCCNC(=O)[C@H](C)Sc1nnc(Cc2ccc(F)cc2)n1N. The number of aromatic nitrogens is 3. The molecule has 0 aliphatic rings. The van der Waals surface area contributed by atoms with Gasteiger partial charge in [-0.2, -0.15) is 0 Å². The van der Waals surface area contributed by atoms with E-state index in [4.69, 9.17) is 5.84 Å². The van der Waals surface area contributed by atoms with Crippen molar-refractivity contribution in [2.75, 3.05) is 12.4 Å². The highest BCUT2D eigenvalue weighted by Gasteiger charge is 2.19. The molecule has 0 fully saturated rings. The molecule has 3 N–H and O–H groups in total. The van der Waals surface area contributed by atoms with Crippen LogP contribution in [0.5, 0.6) is 0 Å². The van der Waals surface area contributed by atoms with Gasteiger partial charge < -0.3 is 11.2 Å². The predicted octanol–water partition coefficient (Wildman–Crippen LogP) is 1.73. The summed E-state index contributed by atoms with van der Waals surface area (Å²) in [6.07, 6.45) is 1.33. The maximum absolute atomic E-state index is 12.9. The number of hydrogen-bond acceptors (Lipinski definition) is 5. The average molecular weight is 337 g/mol. The molecule has 2 rings (SSSR count). The number of nitrogen functional groups attached to an aromatic ring is 1. The maximum Gasteiger partial charge on any atom is 0.233 e. The summed E-state index contributed by atoms with van der Waals surface area (Å²) in [6, 6.07) is 6.14. The molecule has 6 nitrogen and oxygen atoms in total. The zero-order valence-electron chi connectivity index (χ0n) is 13.1. The number of thioether (sulfide) groups is 1. The molecule has 1 amide bonds. The van der Waals surface area contributed by atoms with Crippen molar-refractivity contribution in [3.63, 3.8) is 0 Å². The topological polar surface area (TPSA) is 85.8 Å². The summed E-state index contributed by atoms with van der Waals surface area (Å²) in [6.45, 7) is 4.44. The van der Waals surface area contributed by atoms with Crippen LogP contribution in [-0.2, 0) is 11.2 Å². The molecule has 0 aliphatic heterocycles. The lowest BCUT2D eigenvalue weighted by molar-refractivity contribution is -0.120. The van der Waals surface area contributed by atoms with Crippen molar-refractivity contribution in [2.45, 2.75) is 37.1 Å². The number of carbonyl (C=O) groups excluding carboxylic acids is 1. The lowest BCUT2D eigenvalue weighted by Crippen LogP contribution is -2.31. The lowest BCUT2D eigenvalue weighted by atomic mass is 10.1. The summed E-state index contributed by atoms with van der Waals surface area (Å²) in [5, 5.41) is 11.1. The first-order valence-electron chi connectivity index (χ1n) is 7.39. The van der Waals surface area contributed by atoms with Crippen LogP contribution in [0, 0.1) is 5.82 Å². The van der Waals surface area contributed by atoms with Gasteiger partial charge in [0, 0.05) is 13.0 Å². The third-order valence-electron chi connectivity index (χ3n) is 3.21. The molecule has 0 unspecified atom stereocenters. The molecule has 2 aromatic rings. The number of hydrogen-bond donors (Lipinski definition) is 2. The molecule has 1 atom stereocenters. The predicted molar refractivity (Wildman–Crippen MR) is 88.0 cm³/mol. The Morgan fingerprint density at radius 3 is 2.74 bits per heavy atom. The molecule has 0 bridgehead atoms. The van der Waals surface area contributed by atoms with Gasteiger partial charge in [0.15, 0.2) is 5.82 Å². The average Bonchev–Trinajstić information content (AvgIpc) is 2.87. The van der Waals surface area contributed by atoms with Gasteiger partial charge in [0.1, 0.15) is 5.82 Å². The Hall–Kier alpha value is -2.09. The number of carbonyl (C=O) groups is 1. The quantitative estimate of drug-likeness (QED) is 0.594. The maximum atomic E-state index is 12.9. The number of nitrogens with one attached hydrogen (secondary N) is 1. The Balaban J connectivity index is 2.01. The van der Waals surface area contributed by atoms with Crippen LogP contribution >= 0.6 is 11.8 Å². The zero-order valence-corrected chi connectivity index (χ0v) is 13.9. The highest BCUT2D eigenvalue weighted by molar-refractivity contribution is 8.00. The Morgan fingerprint density at radius 1 is 1.39 bits per heavy atom. The Morgan fingerprint density at radius 2 is 2.09 bits per heavy atom. The largest absolute Gasteiger partial charge is 0.355 e. The van der Waals surface area contributed by atoms with E-state index in [0.29, 0.717) is 23.9 Å². The molecule has 0 saturated carbocycles. The van der Waals surface area contributed by atoms with Gasteiger partial charge in [0.2, 0.25) is 11.1 Å². The van der Waals surface area contributed by atoms with Crippen molar-refractivity contribution < 1.29 is 9.18 Å². The molecule has 1 heterocycles. The number of halogens is 1. The van der Waals surface area contributed by atoms with E-state index in [1.54, 1.807) is 19.1 Å². The second-order valence-corrected chi connectivity index (χ2v) is 6.43. The summed E-state index contributed by atoms with van der Waals surface area (Å²) in [4.78, 5) is 11.9. The second kappa shape index (κ2) is 7.96. The molecule has 1 aromatic heterocycles. The molecule has 0 aliphatic carbocycles. The van der Waals surface area contributed by atoms with Gasteiger partial charge in [-0.3, -0.25) is 4.79 Å². The fourth-order valence-electron chi connectivity index (χ4n) is 1.90. The van der Waals surface area contributed by atoms with Crippen molar-refractivity contribution in [2.24, 2.45) is 0 Å². The van der Waals surface area contributed by atoms with E-state index in [1.807, 2.05) is 6.92 Å². The Labute approximate surface area is 138 Å². The van der Waals surface area contributed by atoms with Crippen molar-refractivity contribution in [3.05, 3.63) is 41.5 Å². The van der Waals surface area contributed by atoms with E-state index in [0.717, 1.165) is 12.0 Å². The smallest absolute Gasteiger partial charge is 0.233 e. The van der Waals surface area contributed by atoms with Crippen LogP contribution in [0.1, 0.15) is 31.7 Å². The third-order valence-corrected chi connectivity index (χ3v) is 4.27. The van der Waals surface area contributed by atoms with Crippen LogP contribution in [0.4, 0.5) is 4.39 Å². The number of benzene rings is 1. The van der Waals surface area contributed by atoms with Crippen molar-refractivity contribution in [3.8, 4) is 0 Å². The van der Waals surface area contributed by atoms with E-state index in [9.17, 15) is 9.18 Å². The minimum Gasteiger partial charge on any atom is -0.355 e. The molecule has 8 heteroatoms. The van der Waals surface area contributed by atoms with Crippen LogP contribution in [0.15, 0.2) is 29.4 Å². The summed E-state index contributed by atoms with van der Waals surface area (Å²) >= 11 is 1.25. The van der Waals surface area contributed by atoms with Crippen LogP contribution in [0.25, 0.3) is 0 Å². The van der Waals surface area contributed by atoms with Crippen LogP contribution in [0.2, 0.25) is 0 Å². The summed E-state index contributed by atoms with van der Waals surface area (Å²) in [5.74, 6) is 6.21. The number of rotatable bonds is 7. The van der Waals surface area contributed by atoms with E-state index < -0.39 is 0 Å². The highest BCUT2D eigenvalue weighted by Crippen LogP contribution is 2.21. The lowest BCUT2D eigenvalue weighted by Gasteiger charge is -2.10. The first-order chi connectivity index (χ1) is 11.0. The molecule has 0 saturated heterocycles. The molecular weight excluding hydrogens is 317 g/mol. The summed E-state index contributed by atoms with van der Waals surface area (Å²) in [7, 11) is 0. The first-order valence-corrected chi connectivity index (χ1v) is 8.27. The highest BCUT2D eigenvalue weighted by atomic mass is 32.2. The summed E-state index contributed by atoms with van der Waals surface area (Å²) in [5.41, 5.74) is 0.885. The molecule has 124 valence electrons. The fourth-order valence-corrected chi connectivity index (χ4v) is 2.71. The molecule has 0 spiro atoms. The molecular formula is C15H20FN5OS. The van der Waals surface area contributed by atoms with Gasteiger partial charge >= 0.3 is 0 Å². The van der Waals surface area contributed by atoms with Crippen molar-refractivity contribution in [1.82, 2.24) is 20.2 Å². The normalized spacial score (nSPS) is 12.1. The van der Waals surface area contributed by atoms with Gasteiger partial charge in [0.05, 0.1) is 5.25 Å². The van der Waals surface area contributed by atoms with Gasteiger partial charge in [0.25, 0.3) is 0 Å². The standard InChI is InChI=1S/C15H20FN5OS/c1-3-8-18-14(22)10(2)23-15-20-19-13(21(15)17)9-11-4-6-12(16)7-5-11/h4-7,10H,3,8-9,17H2,1-2H3,(H,18,22)/t10-/m0/s1. The van der Waals surface area contributed by atoms with Gasteiger partial charge in [-0.15, -0.1) is 10.2 Å². The second-order valence-electron chi connectivity index (χ2n) is 5.12. The monoisotopic (exact) mass is 337 g/mol. The van der Waals surface area contributed by atoms with Crippen LogP contribution in [-0.4, -0.2) is 32.6 Å². The Kier molecular flexibility index (Phi) is 5.97. The minimum atomic E-state index is -0.313. The Bertz CT molecular complexity index is 658. The molecule has 23 heavy (non-hydrogen) atoms. The first kappa shape index (κ1) is 17.3. The van der Waals surface area contributed by atoms with Crippen molar-refractivity contribution in [1.29, 1.82) is 0 Å². The number of nitrogens with zero attached hydrogens (tertiary/aromatic N) is 3. The molecule has 0 radical (unpaired) electrons. The summed E-state index contributed by atoms with van der Waals surface area (Å²) < 4.78 is 14.3.